The highest BCUT2D eigenvalue weighted by Gasteiger charge is 2.39. The molecular weight excluding hydrogens is 366 g/mol. The molecule has 2 aliphatic rings. The fourth-order valence-electron chi connectivity index (χ4n) is 3.98. The zero-order valence-electron chi connectivity index (χ0n) is 17.9. The van der Waals surface area contributed by atoms with Crippen molar-refractivity contribution in [1.29, 1.82) is 0 Å². The largest absolute Gasteiger partial charge is 0.445 e. The van der Waals surface area contributed by atoms with Gasteiger partial charge in [0.15, 0.2) is 5.89 Å². The fraction of sp³-hybridized carbons (Fsp3) is 0.522. The van der Waals surface area contributed by atoms with E-state index in [1.165, 1.54) is 5.56 Å². The molecule has 0 saturated carbocycles. The molecule has 1 unspecified atom stereocenters. The molecule has 0 aliphatic carbocycles. The standard InChI is InChI=1S/C23H29N3O3/c1-14-6-7-17(10-15(14)2)26-12-16(11-20(26)27)21(28)25-9-8-19-18(13-25)24-22(29-19)23(3,4)5/h6-7,10,16H,8-9,11-13H2,1-5H3. The minimum atomic E-state index is -0.306. The van der Waals surface area contributed by atoms with E-state index in [9.17, 15) is 9.59 Å². The Morgan fingerprint density at radius 1 is 1.21 bits per heavy atom. The number of rotatable bonds is 2. The van der Waals surface area contributed by atoms with E-state index in [2.05, 4.69) is 32.7 Å². The summed E-state index contributed by atoms with van der Waals surface area (Å²) in [5.41, 5.74) is 3.91. The van der Waals surface area contributed by atoms with E-state index in [0.717, 1.165) is 22.7 Å². The second-order valence-corrected chi connectivity index (χ2v) is 9.32. The van der Waals surface area contributed by atoms with Crippen LogP contribution in [0, 0.1) is 19.8 Å². The summed E-state index contributed by atoms with van der Waals surface area (Å²) < 4.78 is 5.93. The van der Waals surface area contributed by atoms with Crippen LogP contribution >= 0.6 is 0 Å². The van der Waals surface area contributed by atoms with E-state index in [1.807, 2.05) is 30.0 Å². The molecule has 1 fully saturated rings. The minimum Gasteiger partial charge on any atom is -0.445 e. The maximum absolute atomic E-state index is 13.1. The third-order valence-corrected chi connectivity index (χ3v) is 5.96. The molecule has 1 aromatic heterocycles. The van der Waals surface area contributed by atoms with Gasteiger partial charge in [-0.15, -0.1) is 0 Å². The maximum Gasteiger partial charge on any atom is 0.228 e. The van der Waals surface area contributed by atoms with Gasteiger partial charge in [0.25, 0.3) is 0 Å². The highest BCUT2D eigenvalue weighted by atomic mass is 16.4. The van der Waals surface area contributed by atoms with Gasteiger partial charge in [0.05, 0.1) is 12.5 Å². The van der Waals surface area contributed by atoms with Crippen LogP contribution in [0.4, 0.5) is 5.69 Å². The zero-order valence-corrected chi connectivity index (χ0v) is 17.9. The Kier molecular flexibility index (Phi) is 4.75. The van der Waals surface area contributed by atoms with Gasteiger partial charge in [0.2, 0.25) is 11.8 Å². The molecule has 0 spiro atoms. The molecule has 6 nitrogen and oxygen atoms in total. The quantitative estimate of drug-likeness (QED) is 0.780. The van der Waals surface area contributed by atoms with Crippen LogP contribution in [-0.4, -0.2) is 34.8 Å². The molecule has 1 aromatic carbocycles. The Morgan fingerprint density at radius 2 is 1.97 bits per heavy atom. The molecule has 0 radical (unpaired) electrons. The first-order valence-corrected chi connectivity index (χ1v) is 10.3. The van der Waals surface area contributed by atoms with E-state index in [0.29, 0.717) is 31.9 Å². The van der Waals surface area contributed by atoms with Crippen molar-refractivity contribution in [3.63, 3.8) is 0 Å². The third kappa shape index (κ3) is 3.68. The molecular formula is C23H29N3O3. The van der Waals surface area contributed by atoms with Gasteiger partial charge in [-0.2, -0.15) is 0 Å². The maximum atomic E-state index is 13.1. The van der Waals surface area contributed by atoms with E-state index in [1.54, 1.807) is 4.90 Å². The Hall–Kier alpha value is -2.63. The molecule has 0 bridgehead atoms. The summed E-state index contributed by atoms with van der Waals surface area (Å²) in [5, 5.41) is 0. The van der Waals surface area contributed by atoms with Gasteiger partial charge in [-0.25, -0.2) is 4.98 Å². The lowest BCUT2D eigenvalue weighted by Crippen LogP contribution is -2.40. The highest BCUT2D eigenvalue weighted by Crippen LogP contribution is 2.31. The van der Waals surface area contributed by atoms with Gasteiger partial charge < -0.3 is 14.2 Å². The summed E-state index contributed by atoms with van der Waals surface area (Å²) in [5.74, 6) is 1.35. The molecule has 3 heterocycles. The van der Waals surface area contributed by atoms with E-state index in [-0.39, 0.29) is 29.6 Å². The van der Waals surface area contributed by atoms with Crippen LogP contribution in [0.2, 0.25) is 0 Å². The SMILES string of the molecule is Cc1ccc(N2CC(C(=O)N3CCc4oc(C(C)(C)C)nc4C3)CC2=O)cc1C. The average Bonchev–Trinajstić information content (AvgIpc) is 3.26. The number of carbonyl (C=O) groups excluding carboxylic acids is 2. The smallest absolute Gasteiger partial charge is 0.228 e. The van der Waals surface area contributed by atoms with Gasteiger partial charge >= 0.3 is 0 Å². The Labute approximate surface area is 171 Å². The topological polar surface area (TPSA) is 66.7 Å². The van der Waals surface area contributed by atoms with Crippen molar-refractivity contribution in [2.24, 2.45) is 5.92 Å². The van der Waals surface area contributed by atoms with Crippen LogP contribution in [-0.2, 0) is 28.0 Å². The molecule has 4 rings (SSSR count). The van der Waals surface area contributed by atoms with E-state index >= 15 is 0 Å². The van der Waals surface area contributed by atoms with Crippen molar-refractivity contribution in [2.75, 3.05) is 18.0 Å². The van der Waals surface area contributed by atoms with Crippen molar-refractivity contribution in [3.05, 3.63) is 46.7 Å². The summed E-state index contributed by atoms with van der Waals surface area (Å²) in [6, 6.07) is 6.01. The van der Waals surface area contributed by atoms with Gasteiger partial charge in [0.1, 0.15) is 11.5 Å². The summed E-state index contributed by atoms with van der Waals surface area (Å²) in [6.07, 6.45) is 0.937. The molecule has 2 aromatic rings. The molecule has 29 heavy (non-hydrogen) atoms. The molecule has 1 atom stereocenters. The number of benzene rings is 1. The average molecular weight is 396 g/mol. The van der Waals surface area contributed by atoms with Crippen molar-refractivity contribution in [1.82, 2.24) is 9.88 Å². The monoisotopic (exact) mass is 395 g/mol. The van der Waals surface area contributed by atoms with Crippen molar-refractivity contribution in [2.45, 2.75) is 59.4 Å². The van der Waals surface area contributed by atoms with Crippen LogP contribution in [0.5, 0.6) is 0 Å². The number of nitrogens with zero attached hydrogens (tertiary/aromatic N) is 3. The first-order valence-electron chi connectivity index (χ1n) is 10.3. The molecule has 2 amide bonds. The number of hydrogen-bond acceptors (Lipinski definition) is 4. The first-order chi connectivity index (χ1) is 13.6. The Morgan fingerprint density at radius 3 is 2.66 bits per heavy atom. The fourth-order valence-corrected chi connectivity index (χ4v) is 3.98. The Bertz CT molecular complexity index is 970. The first kappa shape index (κ1) is 19.7. The second-order valence-electron chi connectivity index (χ2n) is 9.32. The lowest BCUT2D eigenvalue weighted by molar-refractivity contribution is -0.136. The summed E-state index contributed by atoms with van der Waals surface area (Å²) >= 11 is 0. The number of aryl methyl sites for hydroxylation is 2. The summed E-state index contributed by atoms with van der Waals surface area (Å²) in [6.45, 7) is 11.8. The number of fused-ring (bicyclic) bond motifs is 1. The zero-order chi connectivity index (χ0) is 20.9. The summed E-state index contributed by atoms with van der Waals surface area (Å²) in [7, 11) is 0. The lowest BCUT2D eigenvalue weighted by atomic mass is 9.97. The van der Waals surface area contributed by atoms with Crippen molar-refractivity contribution >= 4 is 17.5 Å². The van der Waals surface area contributed by atoms with Crippen LogP contribution < -0.4 is 4.90 Å². The van der Waals surface area contributed by atoms with Crippen LogP contribution in [0.15, 0.2) is 22.6 Å². The van der Waals surface area contributed by atoms with Crippen LogP contribution in [0.1, 0.15) is 55.7 Å². The number of carbonyl (C=O) groups is 2. The Balaban J connectivity index is 1.47. The van der Waals surface area contributed by atoms with Crippen LogP contribution in [0.3, 0.4) is 0 Å². The normalized spacial score (nSPS) is 19.6. The molecule has 2 aliphatic heterocycles. The van der Waals surface area contributed by atoms with Crippen LogP contribution in [0.25, 0.3) is 0 Å². The number of oxazole rings is 1. The predicted molar refractivity (Wildman–Crippen MR) is 111 cm³/mol. The number of anilines is 1. The second kappa shape index (κ2) is 7.01. The number of aromatic nitrogens is 1. The van der Waals surface area contributed by atoms with Gasteiger partial charge in [-0.1, -0.05) is 26.8 Å². The van der Waals surface area contributed by atoms with E-state index in [4.69, 9.17) is 4.42 Å². The lowest BCUT2D eigenvalue weighted by Gasteiger charge is -2.27. The van der Waals surface area contributed by atoms with Crippen molar-refractivity contribution in [3.8, 4) is 0 Å². The van der Waals surface area contributed by atoms with Gasteiger partial charge in [-0.3, -0.25) is 9.59 Å². The highest BCUT2D eigenvalue weighted by molar-refractivity contribution is 6.00. The number of hydrogen-bond donors (Lipinski definition) is 0. The molecule has 6 heteroatoms. The molecule has 1 saturated heterocycles. The van der Waals surface area contributed by atoms with Crippen molar-refractivity contribution < 1.29 is 14.0 Å². The predicted octanol–water partition coefficient (Wildman–Crippen LogP) is 3.53. The van der Waals surface area contributed by atoms with Gasteiger partial charge in [-0.05, 0) is 37.1 Å². The summed E-state index contributed by atoms with van der Waals surface area (Å²) in [4.78, 5) is 34.0. The molecule has 0 N–H and O–H groups in total. The van der Waals surface area contributed by atoms with Gasteiger partial charge in [0, 0.05) is 37.0 Å². The minimum absolute atomic E-state index is 0.0146. The molecule has 154 valence electrons. The number of amides is 2. The third-order valence-electron chi connectivity index (χ3n) is 5.96. The van der Waals surface area contributed by atoms with E-state index < -0.39 is 0 Å².